The number of benzene rings is 2. The number of rotatable bonds is 9. The van der Waals surface area contributed by atoms with Gasteiger partial charge >= 0.3 is 0 Å². The number of hydrogen-bond donors (Lipinski definition) is 3. The second-order valence-electron chi connectivity index (χ2n) is 14.2. The number of anilines is 1. The zero-order valence-electron chi connectivity index (χ0n) is 30.7. The molecule has 2 aliphatic rings. The number of hydrogen-bond acceptors (Lipinski definition) is 6. The number of imidazole rings is 1. The highest BCUT2D eigenvalue weighted by atomic mass is 35.5. The van der Waals surface area contributed by atoms with Gasteiger partial charge in [0.05, 0.1) is 54.4 Å². The minimum Gasteiger partial charge on any atom is -0.386 e. The summed E-state index contributed by atoms with van der Waals surface area (Å²) in [5.41, 5.74) is 2.74. The van der Waals surface area contributed by atoms with Gasteiger partial charge in [-0.3, -0.25) is 14.4 Å². The summed E-state index contributed by atoms with van der Waals surface area (Å²) in [4.78, 5) is 47.5. The number of aliphatic hydroxyl groups excluding tert-OH is 1. The van der Waals surface area contributed by atoms with E-state index in [9.17, 15) is 19.5 Å². The number of piperazine rings is 1. The Hall–Kier alpha value is -4.70. The normalized spacial score (nSPS) is 18.5. The van der Waals surface area contributed by atoms with Crippen LogP contribution in [0.1, 0.15) is 38.8 Å². The van der Waals surface area contributed by atoms with Crippen LogP contribution in [-0.2, 0) is 23.1 Å². The van der Waals surface area contributed by atoms with Crippen molar-refractivity contribution in [3.05, 3.63) is 76.0 Å². The third-order valence-electron chi connectivity index (χ3n) is 10.5. The number of aliphatic hydroxyl groups is 1. The number of nitrogens with zero attached hydrogens (tertiary/aromatic N) is 6. The third kappa shape index (κ3) is 7.18. The van der Waals surface area contributed by atoms with Crippen molar-refractivity contribution in [1.82, 2.24) is 24.4 Å². The first-order chi connectivity index (χ1) is 25.1. The quantitative estimate of drug-likeness (QED) is 0.177. The molecule has 3 N–H and O–H groups in total. The van der Waals surface area contributed by atoms with Crippen molar-refractivity contribution in [1.29, 1.82) is 0 Å². The van der Waals surface area contributed by atoms with E-state index in [1.54, 1.807) is 29.9 Å². The predicted octanol–water partition coefficient (Wildman–Crippen LogP) is 3.31. The predicted molar refractivity (Wildman–Crippen MR) is 193 cm³/mol. The van der Waals surface area contributed by atoms with E-state index in [2.05, 4.69) is 15.4 Å². The number of H-pyrrole nitrogens is 1. The van der Waals surface area contributed by atoms with Gasteiger partial charge in [0.2, 0.25) is 5.69 Å². The van der Waals surface area contributed by atoms with Gasteiger partial charge in [-0.05, 0) is 31.2 Å². The second-order valence-corrected chi connectivity index (χ2v) is 14.6. The molecule has 2 fully saturated rings. The lowest BCUT2D eigenvalue weighted by molar-refractivity contribution is -0.895. The zero-order valence-corrected chi connectivity index (χ0v) is 31.4. The largest absolute Gasteiger partial charge is 0.386 e. The van der Waals surface area contributed by atoms with Crippen molar-refractivity contribution in [2.75, 3.05) is 65.9 Å². The van der Waals surface area contributed by atoms with E-state index in [0.29, 0.717) is 67.2 Å². The van der Waals surface area contributed by atoms with Crippen LogP contribution in [0.25, 0.3) is 22.4 Å². The average molecular weight is 755 g/mol. The number of halogens is 3. The van der Waals surface area contributed by atoms with E-state index in [1.807, 2.05) is 25.7 Å². The highest BCUT2D eigenvalue weighted by molar-refractivity contribution is 6.34. The van der Waals surface area contributed by atoms with Crippen LogP contribution in [0.15, 0.2) is 36.5 Å². The summed E-state index contributed by atoms with van der Waals surface area (Å²) < 4.78 is 40.1. The third-order valence-corrected chi connectivity index (χ3v) is 10.8. The number of quaternary nitrogens is 1. The summed E-state index contributed by atoms with van der Waals surface area (Å²) in [7, 11) is 7.00. The Morgan fingerprint density at radius 2 is 1.74 bits per heavy atom. The molecule has 2 aromatic heterocycles. The fraction of sp³-hybridized carbons (Fsp3) is 0.432. The molecule has 2 aromatic carbocycles. The number of methoxy groups -OCH3 is 1. The number of likely N-dealkylation sites (N-methyl/N-ethyl adjacent to an activating group) is 1. The Morgan fingerprint density at radius 3 is 2.38 bits per heavy atom. The van der Waals surface area contributed by atoms with Crippen molar-refractivity contribution >= 4 is 35.0 Å². The maximum atomic E-state index is 15.7. The van der Waals surface area contributed by atoms with Gasteiger partial charge in [-0.2, -0.15) is 5.10 Å². The first-order valence-electron chi connectivity index (χ1n) is 17.4. The van der Waals surface area contributed by atoms with Gasteiger partial charge in [0, 0.05) is 70.5 Å². The van der Waals surface area contributed by atoms with Gasteiger partial charge in [-0.1, -0.05) is 17.7 Å². The van der Waals surface area contributed by atoms with E-state index in [4.69, 9.17) is 16.3 Å². The van der Waals surface area contributed by atoms with Crippen molar-refractivity contribution in [3.63, 3.8) is 0 Å². The number of aromatic nitrogens is 4. The summed E-state index contributed by atoms with van der Waals surface area (Å²) in [5, 5.41) is 16.4. The van der Waals surface area contributed by atoms with E-state index >= 15 is 8.78 Å². The number of amides is 3. The molecular formula is C37H45ClF2N8O5+2. The number of aryl methyl sites for hydroxylation is 1. The Labute approximate surface area is 311 Å². The lowest BCUT2D eigenvalue weighted by atomic mass is 10.00. The number of ether oxygens (including phenoxy) is 1. The molecular weight excluding hydrogens is 710 g/mol. The number of nitrogens with one attached hydrogen (secondary N) is 2. The van der Waals surface area contributed by atoms with Crippen molar-refractivity contribution in [3.8, 4) is 22.4 Å². The molecule has 2 atom stereocenters. The van der Waals surface area contributed by atoms with Gasteiger partial charge < -0.3 is 34.0 Å². The summed E-state index contributed by atoms with van der Waals surface area (Å²) in [5.74, 6) is -3.19. The topological polar surface area (TPSA) is 137 Å². The second kappa shape index (κ2) is 15.0. The highest BCUT2D eigenvalue weighted by Gasteiger charge is 2.48. The van der Waals surface area contributed by atoms with E-state index in [0.717, 1.165) is 12.2 Å². The Kier molecular flexibility index (Phi) is 10.7. The van der Waals surface area contributed by atoms with Crippen molar-refractivity contribution in [2.45, 2.75) is 39.0 Å². The lowest BCUT2D eigenvalue weighted by Crippen LogP contribution is -2.60. The van der Waals surface area contributed by atoms with Crippen LogP contribution in [0.2, 0.25) is 5.02 Å². The molecule has 0 saturated carbocycles. The number of carbonyl (C=O) groups is 3. The Balaban J connectivity index is 1.11. The van der Waals surface area contributed by atoms with Gasteiger partial charge in [-0.25, -0.2) is 13.8 Å². The SMILES string of the molecule is COCC[n+]1[nH]c(C)c(-c2ccc(-c3cnc(C(=O)Nc4ccc(C(=O)N5CCN(C(=O)[C@@H]6[C@@H](O)CC[N+]6(C)C)CC5)c(Cl)c4)n3C)c(F)c2F)c1C. The average Bonchev–Trinajstić information content (AvgIpc) is 3.74. The minimum atomic E-state index is -1.07. The van der Waals surface area contributed by atoms with Gasteiger partial charge in [-0.15, -0.1) is 4.68 Å². The minimum absolute atomic E-state index is 0.0589. The summed E-state index contributed by atoms with van der Waals surface area (Å²) in [6.07, 6.45) is 1.18. The van der Waals surface area contributed by atoms with Crippen LogP contribution in [0.4, 0.5) is 14.5 Å². The molecule has 0 unspecified atom stereocenters. The van der Waals surface area contributed by atoms with Crippen LogP contribution >= 0.6 is 11.6 Å². The molecule has 2 aliphatic heterocycles. The molecule has 4 heterocycles. The molecule has 282 valence electrons. The molecule has 0 spiro atoms. The van der Waals surface area contributed by atoms with Crippen LogP contribution < -0.4 is 10.00 Å². The Bertz CT molecular complexity index is 2070. The van der Waals surface area contributed by atoms with Gasteiger partial charge in [0.1, 0.15) is 12.7 Å². The fourth-order valence-electron chi connectivity index (χ4n) is 7.49. The van der Waals surface area contributed by atoms with Crippen LogP contribution in [0, 0.1) is 25.5 Å². The van der Waals surface area contributed by atoms with E-state index in [-0.39, 0.29) is 45.0 Å². The molecule has 3 amide bonds. The summed E-state index contributed by atoms with van der Waals surface area (Å²) in [6.45, 7) is 6.60. The first-order valence-corrected chi connectivity index (χ1v) is 17.8. The molecule has 6 rings (SSSR count). The maximum absolute atomic E-state index is 15.7. The van der Waals surface area contributed by atoms with Gasteiger partial charge in [0.25, 0.3) is 17.7 Å². The number of carbonyl (C=O) groups excluding carboxylic acids is 3. The van der Waals surface area contributed by atoms with E-state index < -0.39 is 29.7 Å². The van der Waals surface area contributed by atoms with E-state index in [1.165, 1.54) is 42.1 Å². The van der Waals surface area contributed by atoms with Crippen LogP contribution in [0.3, 0.4) is 0 Å². The monoisotopic (exact) mass is 754 g/mol. The number of likely N-dealkylation sites (tertiary alicyclic amines) is 1. The molecule has 13 nitrogen and oxygen atoms in total. The Morgan fingerprint density at radius 1 is 1.08 bits per heavy atom. The molecule has 0 bridgehead atoms. The van der Waals surface area contributed by atoms with Gasteiger partial charge in [0.15, 0.2) is 30.0 Å². The van der Waals surface area contributed by atoms with Crippen LogP contribution in [0.5, 0.6) is 0 Å². The van der Waals surface area contributed by atoms with Crippen molar-refractivity contribution in [2.24, 2.45) is 7.05 Å². The standard InChI is InChI=1S/C37H43ClF2N8O5/c1-21-30(22(2)47(43-21)16-18-53-6)26-10-9-25(31(39)32(26)40)28-20-41-34(44(28)3)35(50)42-23-7-8-24(27(38)19-23)36(51)45-12-14-46(15-13-45)37(52)33-29(49)11-17-48(33,4)5/h7-10,19-20,29,33,49H,11-18H2,1-6H3/p+2/t29-,33-/m0/s1. The first kappa shape index (κ1) is 38.0. The lowest BCUT2D eigenvalue weighted by Gasteiger charge is -2.39. The maximum Gasteiger partial charge on any atom is 0.291 e. The molecule has 2 saturated heterocycles. The molecule has 0 radical (unpaired) electrons. The zero-order chi connectivity index (χ0) is 38.4. The fourth-order valence-corrected chi connectivity index (χ4v) is 7.76. The van der Waals surface area contributed by atoms with Crippen LogP contribution in [-0.4, -0.2) is 124 Å². The molecule has 53 heavy (non-hydrogen) atoms. The molecule has 4 aromatic rings. The molecule has 16 heteroatoms. The van der Waals surface area contributed by atoms with Crippen molar-refractivity contribution < 1.29 is 42.2 Å². The number of aromatic amines is 1. The summed E-state index contributed by atoms with van der Waals surface area (Å²) in [6, 6.07) is 6.96. The highest BCUT2D eigenvalue weighted by Crippen LogP contribution is 2.34. The summed E-state index contributed by atoms with van der Waals surface area (Å²) >= 11 is 6.53. The smallest absolute Gasteiger partial charge is 0.291 e. The molecule has 0 aliphatic carbocycles.